The van der Waals surface area contributed by atoms with Gasteiger partial charge in [0.25, 0.3) is 0 Å². The maximum absolute atomic E-state index is 11.7. The third-order valence-corrected chi connectivity index (χ3v) is 2.59. The Morgan fingerprint density at radius 1 is 1.16 bits per heavy atom. The number of nitrogens with one attached hydrogen (secondary N) is 1. The van der Waals surface area contributed by atoms with E-state index in [-0.39, 0.29) is 11.7 Å². The average Bonchev–Trinajstić information content (AvgIpc) is 2.86. The molecule has 0 aliphatic carbocycles. The lowest BCUT2D eigenvalue weighted by Gasteiger charge is -1.98. The highest BCUT2D eigenvalue weighted by molar-refractivity contribution is 6.30. The number of rotatable bonds is 3. The molecule has 1 heterocycles. The minimum Gasteiger partial charge on any atom is -0.451 e. The van der Waals surface area contributed by atoms with Crippen LogP contribution in [0.3, 0.4) is 0 Å². The van der Waals surface area contributed by atoms with Crippen molar-refractivity contribution in [2.75, 3.05) is 0 Å². The first-order valence-electron chi connectivity index (χ1n) is 5.73. The Hall–Kier alpha value is -2.07. The second kappa shape index (κ2) is 5.71. The van der Waals surface area contributed by atoms with Gasteiger partial charge >= 0.3 is 5.91 Å². The van der Waals surface area contributed by atoms with Crippen molar-refractivity contribution < 1.29 is 9.21 Å². The molecule has 2 rings (SSSR count). The van der Waals surface area contributed by atoms with E-state index in [9.17, 15) is 4.79 Å². The SMILES string of the molecule is CC(C)=NNC(=O)c1ccc(-c2ccc(Cl)cc2)o1. The summed E-state index contributed by atoms with van der Waals surface area (Å²) in [7, 11) is 0. The first-order valence-corrected chi connectivity index (χ1v) is 6.11. The number of nitrogens with zero attached hydrogens (tertiary/aromatic N) is 1. The molecule has 0 fully saturated rings. The number of furan rings is 1. The number of amides is 1. The molecule has 0 radical (unpaired) electrons. The third-order valence-electron chi connectivity index (χ3n) is 2.34. The standard InChI is InChI=1S/C14H13ClN2O2/c1-9(2)16-17-14(18)13-8-7-12(19-13)10-3-5-11(15)6-4-10/h3-8H,1-2H3,(H,17,18). The average molecular weight is 277 g/mol. The van der Waals surface area contributed by atoms with E-state index in [1.807, 2.05) is 12.1 Å². The van der Waals surface area contributed by atoms with Crippen LogP contribution in [0.2, 0.25) is 5.02 Å². The van der Waals surface area contributed by atoms with Crippen molar-refractivity contribution in [2.24, 2.45) is 5.10 Å². The molecule has 1 N–H and O–H groups in total. The lowest BCUT2D eigenvalue weighted by Crippen LogP contribution is -2.17. The minimum absolute atomic E-state index is 0.218. The number of benzene rings is 1. The van der Waals surface area contributed by atoms with Crippen molar-refractivity contribution in [3.8, 4) is 11.3 Å². The quantitative estimate of drug-likeness (QED) is 0.686. The van der Waals surface area contributed by atoms with Crippen molar-refractivity contribution in [1.82, 2.24) is 5.43 Å². The second-order valence-electron chi connectivity index (χ2n) is 4.17. The van der Waals surface area contributed by atoms with E-state index >= 15 is 0 Å². The van der Waals surface area contributed by atoms with Crippen molar-refractivity contribution in [2.45, 2.75) is 13.8 Å². The molecule has 0 bridgehead atoms. The van der Waals surface area contributed by atoms with Gasteiger partial charge in [0.05, 0.1) is 0 Å². The molecule has 5 heteroatoms. The topological polar surface area (TPSA) is 54.6 Å². The Kier molecular flexibility index (Phi) is 4.02. The number of hydrazone groups is 1. The van der Waals surface area contributed by atoms with Gasteiger partial charge in [-0.2, -0.15) is 5.10 Å². The molecule has 0 aliphatic rings. The predicted octanol–water partition coefficient (Wildman–Crippen LogP) is 3.73. The first kappa shape index (κ1) is 13.4. The van der Waals surface area contributed by atoms with Crippen molar-refractivity contribution >= 4 is 23.2 Å². The van der Waals surface area contributed by atoms with Gasteiger partial charge in [0.2, 0.25) is 0 Å². The molecule has 0 unspecified atom stereocenters. The van der Waals surface area contributed by atoms with Crippen LogP contribution < -0.4 is 5.43 Å². The summed E-state index contributed by atoms with van der Waals surface area (Å²) in [6.45, 7) is 3.59. The summed E-state index contributed by atoms with van der Waals surface area (Å²) in [6.07, 6.45) is 0. The lowest BCUT2D eigenvalue weighted by molar-refractivity contribution is 0.0928. The number of hydrogen-bond donors (Lipinski definition) is 1. The summed E-state index contributed by atoms with van der Waals surface area (Å²) in [5, 5.41) is 4.49. The normalized spacial score (nSPS) is 10.1. The fourth-order valence-electron chi connectivity index (χ4n) is 1.45. The van der Waals surface area contributed by atoms with Crippen LogP contribution in [0, 0.1) is 0 Å². The molecule has 0 saturated heterocycles. The maximum atomic E-state index is 11.7. The molecule has 98 valence electrons. The van der Waals surface area contributed by atoms with E-state index in [2.05, 4.69) is 10.5 Å². The maximum Gasteiger partial charge on any atom is 0.307 e. The monoisotopic (exact) mass is 276 g/mol. The molecular formula is C14H13ClN2O2. The van der Waals surface area contributed by atoms with Crippen molar-refractivity contribution in [1.29, 1.82) is 0 Å². The lowest BCUT2D eigenvalue weighted by atomic mass is 10.2. The molecule has 1 amide bonds. The zero-order chi connectivity index (χ0) is 13.8. The fraction of sp³-hybridized carbons (Fsp3) is 0.143. The van der Waals surface area contributed by atoms with Gasteiger partial charge in [-0.25, -0.2) is 5.43 Å². The van der Waals surface area contributed by atoms with Crippen LogP contribution in [-0.4, -0.2) is 11.6 Å². The predicted molar refractivity (Wildman–Crippen MR) is 75.4 cm³/mol. The van der Waals surface area contributed by atoms with E-state index < -0.39 is 0 Å². The Labute approximate surface area is 116 Å². The van der Waals surface area contributed by atoms with Gasteiger partial charge in [-0.15, -0.1) is 0 Å². The van der Waals surface area contributed by atoms with Gasteiger partial charge in [0.15, 0.2) is 5.76 Å². The molecule has 0 saturated carbocycles. The van der Waals surface area contributed by atoms with Crippen LogP contribution in [-0.2, 0) is 0 Å². The summed E-state index contributed by atoms with van der Waals surface area (Å²) in [5.41, 5.74) is 4.03. The van der Waals surface area contributed by atoms with E-state index in [1.54, 1.807) is 38.1 Å². The van der Waals surface area contributed by atoms with Crippen LogP contribution in [0.5, 0.6) is 0 Å². The zero-order valence-electron chi connectivity index (χ0n) is 10.6. The van der Waals surface area contributed by atoms with Gasteiger partial charge < -0.3 is 4.42 Å². The zero-order valence-corrected chi connectivity index (χ0v) is 11.4. The highest BCUT2D eigenvalue weighted by atomic mass is 35.5. The molecular weight excluding hydrogens is 264 g/mol. The van der Waals surface area contributed by atoms with Crippen LogP contribution in [0.25, 0.3) is 11.3 Å². The molecule has 0 aliphatic heterocycles. The molecule has 0 atom stereocenters. The van der Waals surface area contributed by atoms with E-state index in [4.69, 9.17) is 16.0 Å². The van der Waals surface area contributed by atoms with Gasteiger partial charge in [0, 0.05) is 16.3 Å². The number of carbonyl (C=O) groups excluding carboxylic acids is 1. The largest absolute Gasteiger partial charge is 0.451 e. The van der Waals surface area contributed by atoms with Gasteiger partial charge in [-0.05, 0) is 50.2 Å². The number of hydrogen-bond acceptors (Lipinski definition) is 3. The van der Waals surface area contributed by atoms with Crippen molar-refractivity contribution in [3.63, 3.8) is 0 Å². The van der Waals surface area contributed by atoms with Crippen LogP contribution in [0.1, 0.15) is 24.4 Å². The van der Waals surface area contributed by atoms with Gasteiger partial charge in [-0.3, -0.25) is 4.79 Å². The second-order valence-corrected chi connectivity index (χ2v) is 4.61. The van der Waals surface area contributed by atoms with Crippen LogP contribution >= 0.6 is 11.6 Å². The molecule has 1 aromatic carbocycles. The fourth-order valence-corrected chi connectivity index (χ4v) is 1.57. The first-order chi connectivity index (χ1) is 9.06. The van der Waals surface area contributed by atoms with Crippen molar-refractivity contribution in [3.05, 3.63) is 47.2 Å². The number of carbonyl (C=O) groups is 1. The Morgan fingerprint density at radius 2 is 1.84 bits per heavy atom. The highest BCUT2D eigenvalue weighted by Crippen LogP contribution is 2.23. The Bertz CT molecular complexity index is 611. The van der Waals surface area contributed by atoms with Crippen LogP contribution in [0.4, 0.5) is 0 Å². The summed E-state index contributed by atoms with van der Waals surface area (Å²) < 4.78 is 5.48. The minimum atomic E-state index is -0.374. The smallest absolute Gasteiger partial charge is 0.307 e. The Morgan fingerprint density at radius 3 is 2.47 bits per heavy atom. The highest BCUT2D eigenvalue weighted by Gasteiger charge is 2.11. The van der Waals surface area contributed by atoms with E-state index in [1.165, 1.54) is 0 Å². The molecule has 2 aromatic rings. The molecule has 0 spiro atoms. The number of halogens is 1. The summed E-state index contributed by atoms with van der Waals surface area (Å²) in [5.74, 6) is 0.454. The van der Waals surface area contributed by atoms with E-state index in [0.29, 0.717) is 10.8 Å². The summed E-state index contributed by atoms with van der Waals surface area (Å²) in [6, 6.07) is 10.5. The van der Waals surface area contributed by atoms with E-state index in [0.717, 1.165) is 11.3 Å². The molecule has 19 heavy (non-hydrogen) atoms. The van der Waals surface area contributed by atoms with Crippen LogP contribution in [0.15, 0.2) is 45.9 Å². The van der Waals surface area contributed by atoms with Gasteiger partial charge in [-0.1, -0.05) is 11.6 Å². The summed E-state index contributed by atoms with van der Waals surface area (Å²) in [4.78, 5) is 11.7. The molecule has 4 nitrogen and oxygen atoms in total. The summed E-state index contributed by atoms with van der Waals surface area (Å²) >= 11 is 5.82. The van der Waals surface area contributed by atoms with Gasteiger partial charge in [0.1, 0.15) is 5.76 Å². The third kappa shape index (κ3) is 3.45. The Balaban J connectivity index is 2.17. The molecule has 1 aromatic heterocycles.